The van der Waals surface area contributed by atoms with Crippen LogP contribution in [0.3, 0.4) is 0 Å². The first-order valence-corrected chi connectivity index (χ1v) is 10.9. The van der Waals surface area contributed by atoms with Crippen LogP contribution in [-0.2, 0) is 0 Å². The molecule has 1 nitrogen and oxygen atoms in total. The summed E-state index contributed by atoms with van der Waals surface area (Å²) in [4.78, 5) is 4.61. The molecule has 0 saturated heterocycles. The van der Waals surface area contributed by atoms with E-state index in [1.165, 1.54) is 38.6 Å². The predicted molar refractivity (Wildman–Crippen MR) is 136 cm³/mol. The second-order valence-electron chi connectivity index (χ2n) is 8.10. The third-order valence-corrected chi connectivity index (χ3v) is 6.11. The third kappa shape index (κ3) is 3.34. The normalized spacial score (nSPS) is 11.1. The van der Waals surface area contributed by atoms with Gasteiger partial charge in [0, 0.05) is 17.1 Å². The molecule has 0 radical (unpaired) electrons. The summed E-state index contributed by atoms with van der Waals surface area (Å²) in [5, 5.41) is 3.71. The number of para-hydroxylation sites is 1. The van der Waals surface area contributed by atoms with Crippen molar-refractivity contribution in [1.29, 1.82) is 0 Å². The molecule has 6 rings (SSSR count). The van der Waals surface area contributed by atoms with Crippen molar-refractivity contribution in [3.8, 4) is 33.4 Å². The van der Waals surface area contributed by atoms with Crippen LogP contribution in [0.15, 0.2) is 128 Å². The molecule has 0 bridgehead atoms. The summed E-state index contributed by atoms with van der Waals surface area (Å²) in [7, 11) is 0. The minimum absolute atomic E-state index is 1.03. The predicted octanol–water partition coefficient (Wildman–Crippen LogP) is 8.39. The molecular formula is C31H21N. The maximum atomic E-state index is 4.61. The van der Waals surface area contributed by atoms with E-state index in [4.69, 9.17) is 0 Å². The first-order valence-electron chi connectivity index (χ1n) is 10.9. The minimum atomic E-state index is 1.03. The second kappa shape index (κ2) is 7.79. The minimum Gasteiger partial charge on any atom is -0.256 e. The van der Waals surface area contributed by atoms with Crippen LogP contribution in [0.4, 0.5) is 0 Å². The lowest BCUT2D eigenvalue weighted by Gasteiger charge is -2.10. The average Bonchev–Trinajstić information content (AvgIpc) is 2.88. The van der Waals surface area contributed by atoms with Crippen molar-refractivity contribution >= 4 is 21.7 Å². The molecule has 0 aliphatic carbocycles. The van der Waals surface area contributed by atoms with Gasteiger partial charge in [-0.2, -0.15) is 0 Å². The highest BCUT2D eigenvalue weighted by Gasteiger charge is 2.06. The van der Waals surface area contributed by atoms with Crippen molar-refractivity contribution < 1.29 is 0 Å². The van der Waals surface area contributed by atoms with Gasteiger partial charge in [-0.3, -0.25) is 4.98 Å². The van der Waals surface area contributed by atoms with Crippen LogP contribution < -0.4 is 0 Å². The third-order valence-electron chi connectivity index (χ3n) is 6.11. The molecule has 6 aromatic rings. The number of fused-ring (bicyclic) bond motifs is 2. The Morgan fingerprint density at radius 2 is 1.06 bits per heavy atom. The standard InChI is InChI=1S/C31H21N/c1-3-12-29-24(7-1)9-6-13-30(29)26-11-5-10-25(19-26)22-15-17-23(18-16-22)28-20-27-8-2-4-14-31(27)32-21-28/h1-21H. The van der Waals surface area contributed by atoms with Crippen molar-refractivity contribution in [2.24, 2.45) is 0 Å². The number of hydrogen-bond acceptors (Lipinski definition) is 1. The summed E-state index contributed by atoms with van der Waals surface area (Å²) in [6, 6.07) is 43.1. The Bertz CT molecular complexity index is 1560. The van der Waals surface area contributed by atoms with Crippen LogP contribution in [0, 0.1) is 0 Å². The molecule has 5 aromatic carbocycles. The number of aromatic nitrogens is 1. The van der Waals surface area contributed by atoms with Gasteiger partial charge in [-0.1, -0.05) is 103 Å². The van der Waals surface area contributed by atoms with Crippen molar-refractivity contribution in [3.05, 3.63) is 128 Å². The van der Waals surface area contributed by atoms with Crippen LogP contribution in [0.25, 0.3) is 55.1 Å². The Hall–Kier alpha value is -4.23. The molecule has 0 atom stereocenters. The monoisotopic (exact) mass is 407 g/mol. The Kier molecular flexibility index (Phi) is 4.51. The molecule has 0 N–H and O–H groups in total. The molecule has 0 unspecified atom stereocenters. The van der Waals surface area contributed by atoms with Crippen LogP contribution in [0.1, 0.15) is 0 Å². The van der Waals surface area contributed by atoms with E-state index in [1.807, 2.05) is 18.3 Å². The zero-order chi connectivity index (χ0) is 21.3. The van der Waals surface area contributed by atoms with E-state index in [2.05, 4.69) is 114 Å². The summed E-state index contributed by atoms with van der Waals surface area (Å²) in [5.74, 6) is 0. The number of rotatable bonds is 3. The zero-order valence-electron chi connectivity index (χ0n) is 17.6. The van der Waals surface area contributed by atoms with Gasteiger partial charge in [0.25, 0.3) is 0 Å². The Morgan fingerprint density at radius 3 is 1.94 bits per heavy atom. The van der Waals surface area contributed by atoms with Crippen molar-refractivity contribution in [3.63, 3.8) is 0 Å². The lowest BCUT2D eigenvalue weighted by Crippen LogP contribution is -1.85. The van der Waals surface area contributed by atoms with Crippen molar-refractivity contribution in [2.45, 2.75) is 0 Å². The Balaban J connectivity index is 1.36. The van der Waals surface area contributed by atoms with Crippen molar-refractivity contribution in [1.82, 2.24) is 4.98 Å². The van der Waals surface area contributed by atoms with Gasteiger partial charge in [-0.15, -0.1) is 0 Å². The SMILES string of the molecule is c1cc(-c2ccc(-c3cnc4ccccc4c3)cc2)cc(-c2cccc3ccccc23)c1. The smallest absolute Gasteiger partial charge is 0.0702 e. The van der Waals surface area contributed by atoms with E-state index < -0.39 is 0 Å². The van der Waals surface area contributed by atoms with Gasteiger partial charge in [-0.05, 0) is 56.8 Å². The summed E-state index contributed by atoms with van der Waals surface area (Å²) in [6.45, 7) is 0. The fraction of sp³-hybridized carbons (Fsp3) is 0. The molecular weight excluding hydrogens is 386 g/mol. The average molecular weight is 408 g/mol. The van der Waals surface area contributed by atoms with Crippen LogP contribution in [0.5, 0.6) is 0 Å². The molecule has 0 fully saturated rings. The summed E-state index contributed by atoms with van der Waals surface area (Å²) in [5.41, 5.74) is 8.28. The maximum Gasteiger partial charge on any atom is 0.0702 e. The molecule has 1 aromatic heterocycles. The number of nitrogens with zero attached hydrogens (tertiary/aromatic N) is 1. The molecule has 0 aliphatic rings. The van der Waals surface area contributed by atoms with Crippen molar-refractivity contribution in [2.75, 3.05) is 0 Å². The quantitative estimate of drug-likeness (QED) is 0.287. The topological polar surface area (TPSA) is 12.9 Å². The summed E-state index contributed by atoms with van der Waals surface area (Å²) >= 11 is 0. The molecule has 0 amide bonds. The van der Waals surface area contributed by atoms with Gasteiger partial charge >= 0.3 is 0 Å². The molecule has 1 heteroatoms. The number of pyridine rings is 1. The van der Waals surface area contributed by atoms with Gasteiger partial charge in [0.2, 0.25) is 0 Å². The molecule has 0 saturated carbocycles. The van der Waals surface area contributed by atoms with Gasteiger partial charge in [0.05, 0.1) is 5.52 Å². The molecule has 32 heavy (non-hydrogen) atoms. The maximum absolute atomic E-state index is 4.61. The number of hydrogen-bond donors (Lipinski definition) is 0. The van der Waals surface area contributed by atoms with Crippen LogP contribution in [-0.4, -0.2) is 4.98 Å². The Labute approximate surface area is 187 Å². The van der Waals surface area contributed by atoms with Gasteiger partial charge in [0.1, 0.15) is 0 Å². The summed E-state index contributed by atoms with van der Waals surface area (Å²) in [6.07, 6.45) is 1.96. The largest absolute Gasteiger partial charge is 0.256 e. The fourth-order valence-electron chi connectivity index (χ4n) is 4.43. The highest BCUT2D eigenvalue weighted by atomic mass is 14.6. The molecule has 0 aliphatic heterocycles. The highest BCUT2D eigenvalue weighted by Crippen LogP contribution is 2.32. The van der Waals surface area contributed by atoms with E-state index in [-0.39, 0.29) is 0 Å². The molecule has 150 valence electrons. The number of benzene rings is 5. The van der Waals surface area contributed by atoms with E-state index in [0.29, 0.717) is 0 Å². The van der Waals surface area contributed by atoms with Gasteiger partial charge < -0.3 is 0 Å². The molecule has 1 heterocycles. The van der Waals surface area contributed by atoms with Crippen LogP contribution >= 0.6 is 0 Å². The lowest BCUT2D eigenvalue weighted by atomic mass is 9.94. The van der Waals surface area contributed by atoms with E-state index in [9.17, 15) is 0 Å². The first-order chi connectivity index (χ1) is 15.8. The van der Waals surface area contributed by atoms with E-state index >= 15 is 0 Å². The summed E-state index contributed by atoms with van der Waals surface area (Å²) < 4.78 is 0. The zero-order valence-corrected chi connectivity index (χ0v) is 17.6. The van der Waals surface area contributed by atoms with E-state index in [0.717, 1.165) is 16.5 Å². The van der Waals surface area contributed by atoms with E-state index in [1.54, 1.807) is 0 Å². The van der Waals surface area contributed by atoms with Gasteiger partial charge in [0.15, 0.2) is 0 Å². The Morgan fingerprint density at radius 1 is 0.406 bits per heavy atom. The second-order valence-corrected chi connectivity index (χ2v) is 8.10. The first kappa shape index (κ1) is 18.5. The van der Waals surface area contributed by atoms with Gasteiger partial charge in [-0.25, -0.2) is 0 Å². The fourth-order valence-corrected chi connectivity index (χ4v) is 4.43. The van der Waals surface area contributed by atoms with Crippen LogP contribution in [0.2, 0.25) is 0 Å². The highest BCUT2D eigenvalue weighted by molar-refractivity contribution is 5.97. The lowest BCUT2D eigenvalue weighted by molar-refractivity contribution is 1.41. The molecule has 0 spiro atoms.